The van der Waals surface area contributed by atoms with Crippen molar-refractivity contribution in [2.75, 3.05) is 13.2 Å². The number of hydrogen-bond acceptors (Lipinski definition) is 7. The van der Waals surface area contributed by atoms with E-state index in [0.29, 0.717) is 17.2 Å². The number of aryl methyl sites for hydroxylation is 1. The second-order valence-corrected chi connectivity index (χ2v) is 6.56. The third-order valence-corrected chi connectivity index (χ3v) is 4.40. The molecule has 10 heteroatoms. The smallest absolute Gasteiger partial charge is 0.288 e. The average molecular weight is 399 g/mol. The number of unbranched alkanes of at least 4 members (excludes halogenated alkanes) is 2. The summed E-state index contributed by atoms with van der Waals surface area (Å²) in [6, 6.07) is 8.13. The van der Waals surface area contributed by atoms with Crippen LogP contribution in [0.1, 0.15) is 42.4 Å². The first-order valence-corrected chi connectivity index (χ1v) is 9.57. The first-order valence-electron chi connectivity index (χ1n) is 9.57. The van der Waals surface area contributed by atoms with E-state index in [-0.39, 0.29) is 25.8 Å². The molecule has 154 valence electrons. The van der Waals surface area contributed by atoms with Crippen molar-refractivity contribution in [3.63, 3.8) is 0 Å². The maximum absolute atomic E-state index is 11.5. The minimum Gasteiger partial charge on any atom is -0.394 e. The summed E-state index contributed by atoms with van der Waals surface area (Å²) in [5, 5.41) is 24.0. The molecule has 1 amide bonds. The Hall–Kier alpha value is -3.11. The highest BCUT2D eigenvalue weighted by Crippen LogP contribution is 2.27. The summed E-state index contributed by atoms with van der Waals surface area (Å²) in [4.78, 5) is 15.7. The van der Waals surface area contributed by atoms with Crippen LogP contribution in [-0.4, -0.2) is 54.4 Å². The first kappa shape index (κ1) is 20.6. The van der Waals surface area contributed by atoms with Crippen molar-refractivity contribution in [2.45, 2.75) is 39.3 Å². The molecular weight excluding hydrogens is 374 g/mol. The molecule has 0 aliphatic heterocycles. The summed E-state index contributed by atoms with van der Waals surface area (Å²) in [6.07, 6.45) is 4.61. The van der Waals surface area contributed by atoms with Crippen LogP contribution in [0.5, 0.6) is 0 Å². The fourth-order valence-electron chi connectivity index (χ4n) is 2.92. The summed E-state index contributed by atoms with van der Waals surface area (Å²) in [6.45, 7) is 2.16. The number of nitrogens with two attached hydrogens (primary N) is 1. The van der Waals surface area contributed by atoms with Crippen LogP contribution in [0.2, 0.25) is 0 Å². The minimum atomic E-state index is -0.756. The Morgan fingerprint density at radius 1 is 1.21 bits per heavy atom. The van der Waals surface area contributed by atoms with E-state index in [0.717, 1.165) is 18.4 Å². The molecular formula is C19H25N7O3. The molecule has 1 aromatic carbocycles. The van der Waals surface area contributed by atoms with E-state index in [2.05, 4.69) is 44.5 Å². The van der Waals surface area contributed by atoms with E-state index in [1.54, 1.807) is 0 Å². The molecule has 0 saturated carbocycles. The number of benzene rings is 1. The van der Waals surface area contributed by atoms with Gasteiger partial charge in [-0.1, -0.05) is 44.0 Å². The number of rotatable bonds is 11. The van der Waals surface area contributed by atoms with Gasteiger partial charge >= 0.3 is 0 Å². The van der Waals surface area contributed by atoms with Gasteiger partial charge in [-0.05, 0) is 18.4 Å². The van der Waals surface area contributed by atoms with Crippen molar-refractivity contribution in [2.24, 2.45) is 5.73 Å². The second kappa shape index (κ2) is 9.89. The van der Waals surface area contributed by atoms with Gasteiger partial charge in [0.2, 0.25) is 5.82 Å². The van der Waals surface area contributed by atoms with Gasteiger partial charge in [0.25, 0.3) is 5.91 Å². The summed E-state index contributed by atoms with van der Waals surface area (Å²) in [5.74, 6) is -0.603. The van der Waals surface area contributed by atoms with Crippen molar-refractivity contribution in [1.29, 1.82) is 0 Å². The van der Waals surface area contributed by atoms with Gasteiger partial charge in [-0.25, -0.2) is 9.67 Å². The zero-order chi connectivity index (χ0) is 20.6. The van der Waals surface area contributed by atoms with E-state index >= 15 is 0 Å². The monoisotopic (exact) mass is 399 g/mol. The molecule has 2 heterocycles. The lowest BCUT2D eigenvalue weighted by Gasteiger charge is -2.06. The van der Waals surface area contributed by atoms with Gasteiger partial charge in [0.05, 0.1) is 13.2 Å². The van der Waals surface area contributed by atoms with Crippen LogP contribution in [-0.2, 0) is 17.9 Å². The molecule has 0 spiro atoms. The van der Waals surface area contributed by atoms with Crippen molar-refractivity contribution in [3.05, 3.63) is 35.7 Å². The van der Waals surface area contributed by atoms with Gasteiger partial charge in [0, 0.05) is 5.56 Å². The molecule has 0 aliphatic rings. The lowest BCUT2D eigenvalue weighted by atomic mass is 10.0. The summed E-state index contributed by atoms with van der Waals surface area (Å²) >= 11 is 0. The number of aromatic nitrogens is 6. The molecule has 0 fully saturated rings. The highest BCUT2D eigenvalue weighted by Gasteiger charge is 2.22. The Kier molecular flexibility index (Phi) is 7.04. The number of H-pyrrole nitrogens is 1. The molecule has 2 aromatic heterocycles. The number of nitrogens with one attached hydrogen (secondary N) is 1. The number of primary amides is 1. The number of aliphatic hydroxyl groups is 1. The van der Waals surface area contributed by atoms with Crippen LogP contribution in [0, 0.1) is 0 Å². The van der Waals surface area contributed by atoms with Crippen LogP contribution in [0.25, 0.3) is 22.8 Å². The predicted molar refractivity (Wildman–Crippen MR) is 106 cm³/mol. The standard InChI is InChI=1S/C19H25N7O3/c1-2-3-4-5-13-6-8-14(9-7-13)15-16(23-25-22-15)19-21-18(17(20)28)24-26(19)12-29-11-10-27/h6-9,27H,2-5,10-12H2,1H3,(H2,20,28)(H,22,23,25). The highest BCUT2D eigenvalue weighted by atomic mass is 16.5. The topological polar surface area (TPSA) is 145 Å². The molecule has 0 bridgehead atoms. The van der Waals surface area contributed by atoms with Gasteiger partial charge in [0.1, 0.15) is 12.4 Å². The number of amides is 1. The van der Waals surface area contributed by atoms with Crippen molar-refractivity contribution in [1.82, 2.24) is 30.2 Å². The normalized spacial score (nSPS) is 11.1. The molecule has 3 rings (SSSR count). The fraction of sp³-hybridized carbons (Fsp3) is 0.421. The predicted octanol–water partition coefficient (Wildman–Crippen LogP) is 1.53. The Morgan fingerprint density at radius 2 is 1.97 bits per heavy atom. The molecule has 3 aromatic rings. The van der Waals surface area contributed by atoms with E-state index in [4.69, 9.17) is 15.6 Å². The number of ether oxygens (including phenoxy) is 1. The quantitative estimate of drug-likeness (QED) is 0.415. The van der Waals surface area contributed by atoms with E-state index in [9.17, 15) is 4.79 Å². The van der Waals surface area contributed by atoms with Gasteiger partial charge in [-0.15, -0.1) is 5.10 Å². The van der Waals surface area contributed by atoms with Crippen LogP contribution in [0.3, 0.4) is 0 Å². The molecule has 0 saturated heterocycles. The lowest BCUT2D eigenvalue weighted by molar-refractivity contribution is 0.0424. The Labute approximate surface area is 168 Å². The van der Waals surface area contributed by atoms with E-state index < -0.39 is 5.91 Å². The zero-order valence-electron chi connectivity index (χ0n) is 16.3. The molecule has 0 atom stereocenters. The molecule has 4 N–H and O–H groups in total. The average Bonchev–Trinajstić information content (AvgIpc) is 3.36. The Balaban J connectivity index is 1.88. The van der Waals surface area contributed by atoms with Crippen molar-refractivity contribution >= 4 is 5.91 Å². The number of nitrogens with zero attached hydrogens (tertiary/aromatic N) is 5. The molecule has 0 aliphatic carbocycles. The zero-order valence-corrected chi connectivity index (χ0v) is 16.3. The Morgan fingerprint density at radius 3 is 2.66 bits per heavy atom. The van der Waals surface area contributed by atoms with Gasteiger partial charge < -0.3 is 15.6 Å². The summed E-state index contributed by atoms with van der Waals surface area (Å²) in [5.41, 5.74) is 8.45. The Bertz CT molecular complexity index is 934. The molecule has 0 unspecified atom stereocenters. The third-order valence-electron chi connectivity index (χ3n) is 4.40. The maximum Gasteiger partial charge on any atom is 0.288 e. The van der Waals surface area contributed by atoms with Crippen LogP contribution in [0.15, 0.2) is 24.3 Å². The van der Waals surface area contributed by atoms with Gasteiger partial charge in [-0.3, -0.25) is 4.79 Å². The third kappa shape index (κ3) is 5.04. The van der Waals surface area contributed by atoms with Gasteiger partial charge in [0.15, 0.2) is 11.5 Å². The lowest BCUT2D eigenvalue weighted by Crippen LogP contribution is -2.14. The summed E-state index contributed by atoms with van der Waals surface area (Å²) < 4.78 is 6.68. The number of carbonyl (C=O) groups is 1. The van der Waals surface area contributed by atoms with Crippen LogP contribution < -0.4 is 5.73 Å². The van der Waals surface area contributed by atoms with Crippen molar-refractivity contribution < 1.29 is 14.6 Å². The summed E-state index contributed by atoms with van der Waals surface area (Å²) in [7, 11) is 0. The van der Waals surface area contributed by atoms with E-state index in [1.165, 1.54) is 23.1 Å². The molecule has 0 radical (unpaired) electrons. The number of aliphatic hydroxyl groups excluding tert-OH is 1. The fourth-order valence-corrected chi connectivity index (χ4v) is 2.92. The van der Waals surface area contributed by atoms with Crippen LogP contribution in [0.4, 0.5) is 0 Å². The minimum absolute atomic E-state index is 0.0150. The largest absolute Gasteiger partial charge is 0.394 e. The number of aromatic amines is 1. The number of carbonyl (C=O) groups excluding carboxylic acids is 1. The van der Waals surface area contributed by atoms with E-state index in [1.807, 2.05) is 12.1 Å². The first-order chi connectivity index (χ1) is 14.1. The second-order valence-electron chi connectivity index (χ2n) is 6.56. The molecule has 10 nitrogen and oxygen atoms in total. The van der Waals surface area contributed by atoms with Crippen molar-refractivity contribution in [3.8, 4) is 22.8 Å². The SMILES string of the molecule is CCCCCc1ccc(-c2n[nH]nc2-c2nc(C(N)=O)nn2COCCO)cc1. The highest BCUT2D eigenvalue weighted by molar-refractivity contribution is 5.89. The van der Waals surface area contributed by atoms with Gasteiger partial charge in [-0.2, -0.15) is 15.4 Å². The van der Waals surface area contributed by atoms with Crippen LogP contribution >= 0.6 is 0 Å². The number of hydrogen-bond donors (Lipinski definition) is 3. The maximum atomic E-state index is 11.5. The molecule has 29 heavy (non-hydrogen) atoms.